The van der Waals surface area contributed by atoms with E-state index in [2.05, 4.69) is 4.98 Å². The molecule has 2 rings (SSSR count). The Hall–Kier alpha value is -2.08. The first kappa shape index (κ1) is 14.3. The van der Waals surface area contributed by atoms with Crippen molar-refractivity contribution < 1.29 is 18.3 Å². The van der Waals surface area contributed by atoms with Gasteiger partial charge in [0.15, 0.2) is 0 Å². The number of hydrogen-bond acceptors (Lipinski definition) is 3. The number of aliphatic carboxylic acids is 1. The molecule has 2 aromatic rings. The summed E-state index contributed by atoms with van der Waals surface area (Å²) in [5, 5.41) is 8.73. The Morgan fingerprint density at radius 3 is 2.50 bits per heavy atom. The first-order chi connectivity index (χ1) is 9.43. The van der Waals surface area contributed by atoms with E-state index in [-0.39, 0.29) is 22.6 Å². The van der Waals surface area contributed by atoms with Gasteiger partial charge in [-0.15, -0.1) is 0 Å². The minimum Gasteiger partial charge on any atom is -0.481 e. The minimum atomic E-state index is -3.63. The van der Waals surface area contributed by atoms with Crippen LogP contribution in [-0.4, -0.2) is 24.5 Å². The fourth-order valence-electron chi connectivity index (χ4n) is 2.09. The molecule has 0 unspecified atom stereocenters. The molecule has 2 N–H and O–H groups in total. The highest BCUT2D eigenvalue weighted by molar-refractivity contribution is 7.91. The highest BCUT2D eigenvalue weighted by Crippen LogP contribution is 2.27. The number of nitrogens with one attached hydrogen (secondary N) is 1. The van der Waals surface area contributed by atoms with Crippen LogP contribution in [0, 0.1) is 6.92 Å². The molecule has 0 saturated carbocycles. The Kier molecular flexibility index (Phi) is 3.94. The number of carbonyl (C=O) groups is 1. The fraction of sp³-hybridized carbons (Fsp3) is 0.214. The molecule has 0 atom stereocenters. The van der Waals surface area contributed by atoms with Crippen LogP contribution in [0.2, 0.25) is 0 Å². The predicted octanol–water partition coefficient (Wildman–Crippen LogP) is 2.17. The number of carboxylic acids is 1. The van der Waals surface area contributed by atoms with Gasteiger partial charge in [0, 0.05) is 18.3 Å². The van der Waals surface area contributed by atoms with Gasteiger partial charge in [-0.3, -0.25) is 4.79 Å². The van der Waals surface area contributed by atoms with Crippen LogP contribution in [0.25, 0.3) is 0 Å². The molecule has 1 heterocycles. The van der Waals surface area contributed by atoms with Crippen LogP contribution in [0.1, 0.15) is 17.7 Å². The monoisotopic (exact) mass is 293 g/mol. The summed E-state index contributed by atoms with van der Waals surface area (Å²) in [5.41, 5.74) is 1.03. The van der Waals surface area contributed by atoms with Gasteiger partial charge in [-0.2, -0.15) is 0 Å². The van der Waals surface area contributed by atoms with Crippen LogP contribution in [0.3, 0.4) is 0 Å². The predicted molar refractivity (Wildman–Crippen MR) is 73.4 cm³/mol. The lowest BCUT2D eigenvalue weighted by Gasteiger charge is -2.07. The summed E-state index contributed by atoms with van der Waals surface area (Å²) in [4.78, 5) is 13.9. The van der Waals surface area contributed by atoms with Crippen LogP contribution in [-0.2, 0) is 21.1 Å². The molecule has 0 radical (unpaired) electrons. The number of H-pyrrole nitrogens is 1. The minimum absolute atomic E-state index is 0.103. The average molecular weight is 293 g/mol. The standard InChI is InChI=1S/C14H15NO4S/c1-10-14(11(9-15-10)7-8-13(16)17)20(18,19)12-5-3-2-4-6-12/h2-6,9,15H,7-8H2,1H3,(H,16,17). The lowest BCUT2D eigenvalue weighted by atomic mass is 10.2. The molecular weight excluding hydrogens is 278 g/mol. The molecule has 20 heavy (non-hydrogen) atoms. The molecule has 0 aliphatic carbocycles. The number of sulfone groups is 1. The molecular formula is C14H15NO4S. The fourth-order valence-corrected chi connectivity index (χ4v) is 3.81. The quantitative estimate of drug-likeness (QED) is 0.884. The lowest BCUT2D eigenvalue weighted by molar-refractivity contribution is -0.136. The molecule has 0 aliphatic heterocycles. The molecule has 0 aliphatic rings. The van der Waals surface area contributed by atoms with Gasteiger partial charge in [0.1, 0.15) is 0 Å². The van der Waals surface area contributed by atoms with Crippen molar-refractivity contribution in [2.24, 2.45) is 0 Å². The van der Waals surface area contributed by atoms with E-state index in [1.165, 1.54) is 12.1 Å². The van der Waals surface area contributed by atoms with Crippen molar-refractivity contribution in [3.63, 3.8) is 0 Å². The summed E-state index contributed by atoms with van der Waals surface area (Å²) >= 11 is 0. The van der Waals surface area contributed by atoms with Crippen LogP contribution in [0.4, 0.5) is 0 Å². The number of aryl methyl sites for hydroxylation is 2. The number of carboxylic acid groups (broad SMARTS) is 1. The number of aromatic amines is 1. The zero-order valence-corrected chi connectivity index (χ0v) is 11.8. The zero-order chi connectivity index (χ0) is 14.8. The molecule has 0 amide bonds. The van der Waals surface area contributed by atoms with E-state index in [1.54, 1.807) is 31.3 Å². The van der Waals surface area contributed by atoms with Crippen LogP contribution in [0.15, 0.2) is 46.3 Å². The number of rotatable bonds is 5. The molecule has 106 valence electrons. The summed E-state index contributed by atoms with van der Waals surface area (Å²) in [5.74, 6) is -0.952. The Balaban J connectivity index is 2.47. The van der Waals surface area contributed by atoms with Gasteiger partial charge >= 0.3 is 5.97 Å². The summed E-state index contributed by atoms with van der Waals surface area (Å²) < 4.78 is 25.2. The van der Waals surface area contributed by atoms with Crippen molar-refractivity contribution in [1.82, 2.24) is 4.98 Å². The third kappa shape index (κ3) is 2.75. The second kappa shape index (κ2) is 5.50. The van der Waals surface area contributed by atoms with Crippen molar-refractivity contribution in [2.45, 2.75) is 29.6 Å². The highest BCUT2D eigenvalue weighted by atomic mass is 32.2. The van der Waals surface area contributed by atoms with Crippen LogP contribution >= 0.6 is 0 Å². The van der Waals surface area contributed by atoms with Crippen LogP contribution < -0.4 is 0 Å². The maximum Gasteiger partial charge on any atom is 0.303 e. The topological polar surface area (TPSA) is 87.2 Å². The summed E-state index contributed by atoms with van der Waals surface area (Å²) in [7, 11) is -3.63. The molecule has 0 saturated heterocycles. The zero-order valence-electron chi connectivity index (χ0n) is 11.0. The molecule has 5 nitrogen and oxygen atoms in total. The van der Waals surface area contributed by atoms with Gasteiger partial charge in [-0.05, 0) is 31.0 Å². The Labute approximate surface area is 117 Å². The van der Waals surface area contributed by atoms with E-state index < -0.39 is 15.8 Å². The third-order valence-corrected chi connectivity index (χ3v) is 5.02. The summed E-state index contributed by atoms with van der Waals surface area (Å²) in [6, 6.07) is 8.12. The molecule has 0 fully saturated rings. The average Bonchev–Trinajstić information content (AvgIpc) is 2.79. The second-order valence-corrected chi connectivity index (χ2v) is 6.36. The molecule has 1 aromatic heterocycles. The van der Waals surface area contributed by atoms with Gasteiger partial charge in [0.2, 0.25) is 9.84 Å². The van der Waals surface area contributed by atoms with Gasteiger partial charge in [0.05, 0.1) is 9.79 Å². The van der Waals surface area contributed by atoms with E-state index >= 15 is 0 Å². The first-order valence-electron chi connectivity index (χ1n) is 6.11. The normalized spacial score (nSPS) is 11.4. The number of hydrogen-bond donors (Lipinski definition) is 2. The van der Waals surface area contributed by atoms with Gasteiger partial charge in [-0.25, -0.2) is 8.42 Å². The van der Waals surface area contributed by atoms with Crippen LogP contribution in [0.5, 0.6) is 0 Å². The largest absolute Gasteiger partial charge is 0.481 e. The van der Waals surface area contributed by atoms with Crippen molar-refractivity contribution in [3.8, 4) is 0 Å². The summed E-state index contributed by atoms with van der Waals surface area (Å²) in [6.45, 7) is 1.67. The molecule has 0 spiro atoms. The molecule has 0 bridgehead atoms. The molecule has 6 heteroatoms. The maximum absolute atomic E-state index is 12.6. The molecule has 1 aromatic carbocycles. The van der Waals surface area contributed by atoms with Crippen molar-refractivity contribution in [2.75, 3.05) is 0 Å². The maximum atomic E-state index is 12.6. The number of benzene rings is 1. The highest BCUT2D eigenvalue weighted by Gasteiger charge is 2.24. The van der Waals surface area contributed by atoms with Crippen molar-refractivity contribution >= 4 is 15.8 Å². The van der Waals surface area contributed by atoms with E-state index in [1.807, 2.05) is 0 Å². The number of aromatic nitrogens is 1. The van der Waals surface area contributed by atoms with Gasteiger partial charge in [-0.1, -0.05) is 18.2 Å². The Morgan fingerprint density at radius 1 is 1.25 bits per heavy atom. The first-order valence-corrected chi connectivity index (χ1v) is 7.60. The SMILES string of the molecule is Cc1[nH]cc(CCC(=O)O)c1S(=O)(=O)c1ccccc1. The van der Waals surface area contributed by atoms with E-state index in [0.717, 1.165) is 0 Å². The third-order valence-electron chi connectivity index (χ3n) is 3.03. The van der Waals surface area contributed by atoms with E-state index in [4.69, 9.17) is 5.11 Å². The van der Waals surface area contributed by atoms with Gasteiger partial charge < -0.3 is 10.1 Å². The van der Waals surface area contributed by atoms with Gasteiger partial charge in [0.25, 0.3) is 0 Å². The lowest BCUT2D eigenvalue weighted by Crippen LogP contribution is -2.06. The summed E-state index contributed by atoms with van der Waals surface area (Å²) in [6.07, 6.45) is 1.64. The smallest absolute Gasteiger partial charge is 0.303 e. The second-order valence-electron chi connectivity index (χ2n) is 4.48. The van der Waals surface area contributed by atoms with E-state index in [9.17, 15) is 13.2 Å². The Bertz CT molecular complexity index is 717. The van der Waals surface area contributed by atoms with Crippen molar-refractivity contribution in [3.05, 3.63) is 47.8 Å². The van der Waals surface area contributed by atoms with Crippen molar-refractivity contribution in [1.29, 1.82) is 0 Å². The Morgan fingerprint density at radius 2 is 1.90 bits per heavy atom. The van der Waals surface area contributed by atoms with E-state index in [0.29, 0.717) is 11.3 Å².